The van der Waals surface area contributed by atoms with Gasteiger partial charge in [0.1, 0.15) is 18.3 Å². The van der Waals surface area contributed by atoms with Crippen LogP contribution in [0.3, 0.4) is 0 Å². The second-order valence-electron chi connectivity index (χ2n) is 9.04. The fraction of sp³-hybridized carbons (Fsp3) is 0.310. The van der Waals surface area contributed by atoms with Gasteiger partial charge in [-0.3, -0.25) is 13.9 Å². The third-order valence-corrected chi connectivity index (χ3v) is 8.70. The predicted octanol–water partition coefficient (Wildman–Crippen LogP) is 4.56. The van der Waals surface area contributed by atoms with Crippen molar-refractivity contribution >= 4 is 43.5 Å². The highest BCUT2D eigenvalue weighted by atomic mass is 79.9. The largest absolute Gasteiger partial charge is 0.496 e. The third-order valence-electron chi connectivity index (χ3n) is 6.31. The number of carbonyl (C=O) groups excluding carboxylic acids is 2. The van der Waals surface area contributed by atoms with E-state index in [1.165, 1.54) is 24.1 Å². The summed E-state index contributed by atoms with van der Waals surface area (Å²) in [5, 5.41) is 2.76. The molecule has 0 aromatic heterocycles. The van der Waals surface area contributed by atoms with E-state index in [1.54, 1.807) is 44.2 Å². The maximum Gasteiger partial charge on any atom is 0.264 e. The summed E-state index contributed by atoms with van der Waals surface area (Å²) >= 11 is 3.35. The topological polar surface area (TPSA) is 96.0 Å². The Bertz CT molecular complexity index is 1380. The average molecular weight is 617 g/mol. The number of hydrogen-bond donors (Lipinski definition) is 1. The van der Waals surface area contributed by atoms with E-state index in [4.69, 9.17) is 4.74 Å². The number of aryl methyl sites for hydroxylation is 1. The van der Waals surface area contributed by atoms with Crippen LogP contribution >= 0.6 is 15.9 Å². The molecule has 0 bridgehead atoms. The lowest BCUT2D eigenvalue weighted by molar-refractivity contribution is -0.138. The van der Waals surface area contributed by atoms with Crippen LogP contribution in [0.2, 0.25) is 0 Å². The Morgan fingerprint density at radius 3 is 2.28 bits per heavy atom. The van der Waals surface area contributed by atoms with E-state index in [0.717, 1.165) is 15.4 Å². The lowest BCUT2D eigenvalue weighted by Crippen LogP contribution is -2.52. The van der Waals surface area contributed by atoms with Gasteiger partial charge in [0.05, 0.1) is 22.2 Å². The number of anilines is 1. The van der Waals surface area contributed by atoms with Crippen molar-refractivity contribution in [3.8, 4) is 5.75 Å². The van der Waals surface area contributed by atoms with Crippen LogP contribution in [-0.4, -0.2) is 57.9 Å². The molecular formula is C29H34BrN3O5S. The Kier molecular flexibility index (Phi) is 10.5. The highest BCUT2D eigenvalue weighted by Crippen LogP contribution is 2.31. The van der Waals surface area contributed by atoms with Crippen LogP contribution in [0.5, 0.6) is 5.75 Å². The number of hydrogen-bond acceptors (Lipinski definition) is 5. The number of halogens is 1. The van der Waals surface area contributed by atoms with Gasteiger partial charge in [-0.2, -0.15) is 0 Å². The van der Waals surface area contributed by atoms with Crippen LogP contribution < -0.4 is 14.4 Å². The maximum atomic E-state index is 13.9. The van der Waals surface area contributed by atoms with Gasteiger partial charge in [0.25, 0.3) is 10.0 Å². The van der Waals surface area contributed by atoms with Crippen LogP contribution in [0, 0.1) is 6.92 Å². The Labute approximate surface area is 239 Å². The van der Waals surface area contributed by atoms with Gasteiger partial charge in [0, 0.05) is 13.1 Å². The maximum absolute atomic E-state index is 13.9. The molecule has 0 radical (unpaired) electrons. The number of nitrogens with one attached hydrogen (secondary N) is 1. The molecule has 0 spiro atoms. The summed E-state index contributed by atoms with van der Waals surface area (Å²) in [6.45, 7) is 5.54. The third kappa shape index (κ3) is 7.60. The minimum absolute atomic E-state index is 0.00356. The minimum atomic E-state index is -4.17. The number of amides is 2. The van der Waals surface area contributed by atoms with E-state index in [2.05, 4.69) is 21.2 Å². The molecular weight excluding hydrogens is 582 g/mol. The van der Waals surface area contributed by atoms with Crippen molar-refractivity contribution in [1.82, 2.24) is 10.2 Å². The summed E-state index contributed by atoms with van der Waals surface area (Å²) < 4.78 is 34.7. The van der Waals surface area contributed by atoms with Crippen LogP contribution in [0.1, 0.15) is 25.0 Å². The molecule has 1 atom stereocenters. The lowest BCUT2D eigenvalue weighted by atomic mass is 10.1. The zero-order valence-electron chi connectivity index (χ0n) is 22.6. The van der Waals surface area contributed by atoms with Gasteiger partial charge in [-0.05, 0) is 79.0 Å². The average Bonchev–Trinajstić information content (AvgIpc) is 2.92. The molecule has 10 heteroatoms. The Hall–Kier alpha value is -3.37. The summed E-state index contributed by atoms with van der Waals surface area (Å²) in [6.07, 6.45) is 0.513. The molecule has 0 aliphatic carbocycles. The van der Waals surface area contributed by atoms with Crippen LogP contribution in [0.15, 0.2) is 82.2 Å². The molecule has 0 aliphatic rings. The van der Waals surface area contributed by atoms with Crippen LogP contribution in [-0.2, 0) is 26.0 Å². The van der Waals surface area contributed by atoms with Gasteiger partial charge in [-0.15, -0.1) is 0 Å². The predicted molar refractivity (Wildman–Crippen MR) is 156 cm³/mol. The van der Waals surface area contributed by atoms with Crippen molar-refractivity contribution in [3.63, 3.8) is 0 Å². The zero-order valence-corrected chi connectivity index (χ0v) is 25.0. The number of methoxy groups -OCH3 is 1. The van der Waals surface area contributed by atoms with E-state index in [9.17, 15) is 18.0 Å². The number of rotatable bonds is 12. The summed E-state index contributed by atoms with van der Waals surface area (Å²) in [6, 6.07) is 20.2. The first kappa shape index (κ1) is 30.2. The Balaban J connectivity index is 1.99. The molecule has 3 rings (SSSR count). The molecule has 0 aliphatic heterocycles. The number of sulfonamides is 1. The molecule has 0 fully saturated rings. The minimum Gasteiger partial charge on any atom is -0.496 e. The van der Waals surface area contributed by atoms with Crippen LogP contribution in [0.4, 0.5) is 5.69 Å². The normalized spacial score (nSPS) is 11.9. The van der Waals surface area contributed by atoms with Crippen molar-refractivity contribution in [3.05, 3.63) is 88.4 Å². The summed E-state index contributed by atoms with van der Waals surface area (Å²) in [5.41, 5.74) is 2.29. The molecule has 1 N–H and O–H groups in total. The lowest BCUT2D eigenvalue weighted by Gasteiger charge is -2.32. The molecule has 208 valence electrons. The fourth-order valence-electron chi connectivity index (χ4n) is 4.07. The molecule has 0 saturated heterocycles. The molecule has 2 amide bonds. The Morgan fingerprint density at radius 2 is 1.69 bits per heavy atom. The molecule has 0 saturated carbocycles. The van der Waals surface area contributed by atoms with Gasteiger partial charge in [-0.25, -0.2) is 8.42 Å². The summed E-state index contributed by atoms with van der Waals surface area (Å²) in [5.74, 6) is -0.307. The SMILES string of the molecule is CCNC(=O)[C@@H](C)N(CCc1ccccc1)C(=O)CN(c1ccc(C)cc1)S(=O)(=O)c1ccc(OC)c(Br)c1. The van der Waals surface area contributed by atoms with Gasteiger partial charge in [0.2, 0.25) is 11.8 Å². The first-order valence-electron chi connectivity index (χ1n) is 12.6. The Morgan fingerprint density at radius 1 is 1.03 bits per heavy atom. The molecule has 3 aromatic rings. The van der Waals surface area contributed by atoms with Crippen molar-refractivity contribution in [2.75, 3.05) is 31.0 Å². The monoisotopic (exact) mass is 615 g/mol. The standard InChI is InChI=1S/C29H34BrN3O5S/c1-5-31-29(35)22(3)32(18-17-23-9-7-6-8-10-23)28(34)20-33(24-13-11-21(2)12-14-24)39(36,37)25-15-16-27(38-4)26(30)19-25/h6-16,19,22H,5,17-18,20H2,1-4H3,(H,31,35)/t22-/m1/s1. The fourth-order valence-corrected chi connectivity index (χ4v) is 6.20. The summed E-state index contributed by atoms with van der Waals surface area (Å²) in [7, 11) is -2.68. The van der Waals surface area contributed by atoms with Gasteiger partial charge >= 0.3 is 0 Å². The van der Waals surface area contributed by atoms with Gasteiger partial charge in [-0.1, -0.05) is 48.0 Å². The van der Waals surface area contributed by atoms with Crippen molar-refractivity contribution in [2.45, 2.75) is 38.1 Å². The molecule has 0 unspecified atom stereocenters. The van der Waals surface area contributed by atoms with E-state index < -0.39 is 28.5 Å². The van der Waals surface area contributed by atoms with Crippen molar-refractivity contribution in [2.24, 2.45) is 0 Å². The number of nitrogens with zero attached hydrogens (tertiary/aromatic N) is 2. The summed E-state index contributed by atoms with van der Waals surface area (Å²) in [4.78, 5) is 28.0. The molecule has 3 aromatic carbocycles. The van der Waals surface area contributed by atoms with Gasteiger partial charge < -0.3 is 15.0 Å². The molecule has 0 heterocycles. The number of benzene rings is 3. The van der Waals surface area contributed by atoms with E-state index >= 15 is 0 Å². The van der Waals surface area contributed by atoms with E-state index in [-0.39, 0.29) is 17.3 Å². The first-order valence-corrected chi connectivity index (χ1v) is 14.9. The molecule has 39 heavy (non-hydrogen) atoms. The smallest absolute Gasteiger partial charge is 0.264 e. The van der Waals surface area contributed by atoms with Crippen LogP contribution in [0.25, 0.3) is 0 Å². The van der Waals surface area contributed by atoms with Gasteiger partial charge in [0.15, 0.2) is 0 Å². The molecule has 8 nitrogen and oxygen atoms in total. The van der Waals surface area contributed by atoms with E-state index in [0.29, 0.717) is 28.9 Å². The number of ether oxygens (including phenoxy) is 1. The quantitative estimate of drug-likeness (QED) is 0.322. The van der Waals surface area contributed by atoms with E-state index in [1.807, 2.05) is 37.3 Å². The highest BCUT2D eigenvalue weighted by Gasteiger charge is 2.32. The van der Waals surface area contributed by atoms with Crippen molar-refractivity contribution < 1.29 is 22.7 Å². The zero-order chi connectivity index (χ0) is 28.6. The second kappa shape index (κ2) is 13.6. The highest BCUT2D eigenvalue weighted by molar-refractivity contribution is 9.10. The first-order chi connectivity index (χ1) is 18.6. The number of carbonyl (C=O) groups is 2. The number of likely N-dealkylation sites (N-methyl/N-ethyl adjacent to an activating group) is 1. The van der Waals surface area contributed by atoms with Crippen molar-refractivity contribution in [1.29, 1.82) is 0 Å². The second-order valence-corrected chi connectivity index (χ2v) is 11.8.